The van der Waals surface area contributed by atoms with Crippen LogP contribution in [0.1, 0.15) is 64.7 Å². The Balaban J connectivity index is 1.74. The zero-order valence-corrected chi connectivity index (χ0v) is 10.3. The summed E-state index contributed by atoms with van der Waals surface area (Å²) in [4.78, 5) is 0. The molecule has 15 heavy (non-hydrogen) atoms. The van der Waals surface area contributed by atoms with Gasteiger partial charge in [-0.3, -0.25) is 0 Å². The first kappa shape index (κ1) is 10.2. The molecule has 3 fully saturated rings. The minimum Gasteiger partial charge on any atom is -0.0625 e. The highest BCUT2D eigenvalue weighted by atomic mass is 14.5. The van der Waals surface area contributed by atoms with E-state index >= 15 is 0 Å². The molecule has 3 rings (SSSR count). The van der Waals surface area contributed by atoms with Crippen LogP contribution in [0, 0.1) is 29.6 Å². The fourth-order valence-electron chi connectivity index (χ4n) is 4.96. The summed E-state index contributed by atoms with van der Waals surface area (Å²) < 4.78 is 0. The minimum atomic E-state index is 1.03. The van der Waals surface area contributed by atoms with E-state index in [0.29, 0.717) is 0 Å². The lowest BCUT2D eigenvalue weighted by Gasteiger charge is -2.49. The summed E-state index contributed by atoms with van der Waals surface area (Å²) in [6, 6.07) is 0. The third kappa shape index (κ3) is 1.85. The van der Waals surface area contributed by atoms with Gasteiger partial charge in [0.05, 0.1) is 0 Å². The molecule has 0 spiro atoms. The van der Waals surface area contributed by atoms with Crippen LogP contribution in [0.3, 0.4) is 0 Å². The summed E-state index contributed by atoms with van der Waals surface area (Å²) >= 11 is 0. The van der Waals surface area contributed by atoms with E-state index in [2.05, 4.69) is 6.92 Å². The monoisotopic (exact) mass is 206 g/mol. The van der Waals surface area contributed by atoms with Gasteiger partial charge in [-0.05, 0) is 61.7 Å². The Morgan fingerprint density at radius 3 is 2.20 bits per heavy atom. The molecule has 0 bridgehead atoms. The molecule has 3 saturated carbocycles. The zero-order chi connectivity index (χ0) is 10.3. The maximum Gasteiger partial charge on any atom is -0.0352 e. The first-order chi connectivity index (χ1) is 7.34. The summed E-state index contributed by atoms with van der Waals surface area (Å²) in [5, 5.41) is 0. The predicted octanol–water partition coefficient (Wildman–Crippen LogP) is 4.64. The average Bonchev–Trinajstić information content (AvgIpc) is 2.29. The van der Waals surface area contributed by atoms with Crippen molar-refractivity contribution in [1.82, 2.24) is 0 Å². The van der Waals surface area contributed by atoms with Gasteiger partial charge in [-0.25, -0.2) is 0 Å². The molecule has 86 valence electrons. The molecule has 0 nitrogen and oxygen atoms in total. The Labute approximate surface area is 94.8 Å². The predicted molar refractivity (Wildman–Crippen MR) is 64.7 cm³/mol. The van der Waals surface area contributed by atoms with Crippen LogP contribution < -0.4 is 0 Å². The van der Waals surface area contributed by atoms with Crippen LogP contribution in [-0.4, -0.2) is 0 Å². The molecule has 0 aromatic heterocycles. The number of fused-ring (bicyclic) bond motifs is 3. The van der Waals surface area contributed by atoms with Crippen LogP contribution in [0.4, 0.5) is 0 Å². The number of hydrogen-bond acceptors (Lipinski definition) is 0. The normalized spacial score (nSPS) is 50.6. The van der Waals surface area contributed by atoms with Gasteiger partial charge in [-0.15, -0.1) is 0 Å². The highest BCUT2D eigenvalue weighted by molar-refractivity contribution is 4.92. The van der Waals surface area contributed by atoms with E-state index < -0.39 is 0 Å². The van der Waals surface area contributed by atoms with Gasteiger partial charge in [0.1, 0.15) is 0 Å². The molecule has 0 radical (unpaired) electrons. The van der Waals surface area contributed by atoms with Gasteiger partial charge in [0.2, 0.25) is 0 Å². The summed E-state index contributed by atoms with van der Waals surface area (Å²) in [6.45, 7) is 2.49. The Bertz CT molecular complexity index is 220. The lowest BCUT2D eigenvalue weighted by molar-refractivity contribution is 0.0130. The van der Waals surface area contributed by atoms with Gasteiger partial charge in [0, 0.05) is 0 Å². The Morgan fingerprint density at radius 2 is 1.33 bits per heavy atom. The Hall–Kier alpha value is 0. The van der Waals surface area contributed by atoms with Crippen molar-refractivity contribution in [1.29, 1.82) is 0 Å². The van der Waals surface area contributed by atoms with Crippen molar-refractivity contribution >= 4 is 0 Å². The first-order valence-corrected chi connectivity index (χ1v) is 7.34. The van der Waals surface area contributed by atoms with E-state index in [-0.39, 0.29) is 0 Å². The molecule has 3 aliphatic rings. The second kappa shape index (κ2) is 4.11. The maximum absolute atomic E-state index is 2.49. The van der Waals surface area contributed by atoms with Crippen LogP contribution in [0.25, 0.3) is 0 Å². The fourth-order valence-corrected chi connectivity index (χ4v) is 4.96. The summed E-state index contributed by atoms with van der Waals surface area (Å²) in [5.74, 6) is 5.62. The average molecular weight is 206 g/mol. The van der Waals surface area contributed by atoms with Crippen LogP contribution in [-0.2, 0) is 0 Å². The van der Waals surface area contributed by atoms with E-state index in [1.165, 1.54) is 12.8 Å². The van der Waals surface area contributed by atoms with E-state index in [1.54, 1.807) is 44.9 Å². The third-order valence-corrected chi connectivity index (χ3v) is 5.74. The van der Waals surface area contributed by atoms with Gasteiger partial charge in [-0.2, -0.15) is 0 Å². The number of hydrogen-bond donors (Lipinski definition) is 0. The van der Waals surface area contributed by atoms with Gasteiger partial charge in [-0.1, -0.05) is 32.6 Å². The van der Waals surface area contributed by atoms with Crippen molar-refractivity contribution in [3.63, 3.8) is 0 Å². The van der Waals surface area contributed by atoms with Crippen molar-refractivity contribution in [2.24, 2.45) is 29.6 Å². The van der Waals surface area contributed by atoms with Crippen LogP contribution >= 0.6 is 0 Å². The molecule has 0 saturated heterocycles. The van der Waals surface area contributed by atoms with Gasteiger partial charge < -0.3 is 0 Å². The van der Waals surface area contributed by atoms with Crippen molar-refractivity contribution in [2.75, 3.05) is 0 Å². The van der Waals surface area contributed by atoms with Crippen LogP contribution in [0.15, 0.2) is 0 Å². The lowest BCUT2D eigenvalue weighted by atomic mass is 9.56. The molecular formula is C15H26. The quantitative estimate of drug-likeness (QED) is 0.541. The van der Waals surface area contributed by atoms with Crippen LogP contribution in [0.2, 0.25) is 0 Å². The molecule has 0 amide bonds. The van der Waals surface area contributed by atoms with E-state index in [9.17, 15) is 0 Å². The Kier molecular flexibility index (Phi) is 2.79. The molecule has 5 atom stereocenters. The van der Waals surface area contributed by atoms with Gasteiger partial charge in [0.15, 0.2) is 0 Å². The SMILES string of the molecule is CC1CCC2CCC3CCCCC3C2C1. The molecular weight excluding hydrogens is 180 g/mol. The highest BCUT2D eigenvalue weighted by Gasteiger charge is 2.42. The van der Waals surface area contributed by atoms with Crippen molar-refractivity contribution in [3.05, 3.63) is 0 Å². The molecule has 0 N–H and O–H groups in total. The van der Waals surface area contributed by atoms with Crippen molar-refractivity contribution < 1.29 is 0 Å². The molecule has 0 heteroatoms. The second-order valence-corrected chi connectivity index (χ2v) is 6.63. The summed E-state index contributed by atoms with van der Waals surface area (Å²) in [7, 11) is 0. The van der Waals surface area contributed by atoms with Crippen molar-refractivity contribution in [2.45, 2.75) is 64.7 Å². The fraction of sp³-hybridized carbons (Fsp3) is 1.00. The van der Waals surface area contributed by atoms with E-state index in [1.807, 2.05) is 0 Å². The maximum atomic E-state index is 2.49. The first-order valence-electron chi connectivity index (χ1n) is 7.34. The lowest BCUT2D eigenvalue weighted by Crippen LogP contribution is -2.39. The van der Waals surface area contributed by atoms with Crippen LogP contribution in [0.5, 0.6) is 0 Å². The topological polar surface area (TPSA) is 0 Å². The molecule has 0 aromatic carbocycles. The Morgan fingerprint density at radius 1 is 0.667 bits per heavy atom. The molecule has 3 aliphatic carbocycles. The highest BCUT2D eigenvalue weighted by Crippen LogP contribution is 2.52. The summed E-state index contributed by atoms with van der Waals surface area (Å²) in [6.07, 6.45) is 14.1. The summed E-state index contributed by atoms with van der Waals surface area (Å²) in [5.41, 5.74) is 0. The van der Waals surface area contributed by atoms with Gasteiger partial charge in [0.25, 0.3) is 0 Å². The molecule has 0 heterocycles. The molecule has 0 aromatic rings. The van der Waals surface area contributed by atoms with Gasteiger partial charge >= 0.3 is 0 Å². The second-order valence-electron chi connectivity index (χ2n) is 6.63. The standard InChI is InChI=1S/C15H26/c1-11-6-7-13-9-8-12-4-2-3-5-14(12)15(13)10-11/h11-15H,2-10H2,1H3. The zero-order valence-electron chi connectivity index (χ0n) is 10.3. The van der Waals surface area contributed by atoms with E-state index in [0.717, 1.165) is 29.6 Å². The third-order valence-electron chi connectivity index (χ3n) is 5.74. The molecule has 0 aliphatic heterocycles. The smallest absolute Gasteiger partial charge is 0.0352 e. The minimum absolute atomic E-state index is 1.03. The van der Waals surface area contributed by atoms with Crippen molar-refractivity contribution in [3.8, 4) is 0 Å². The number of rotatable bonds is 0. The van der Waals surface area contributed by atoms with E-state index in [4.69, 9.17) is 0 Å². The largest absolute Gasteiger partial charge is 0.0625 e. The molecule has 5 unspecified atom stereocenters.